The van der Waals surface area contributed by atoms with Gasteiger partial charge in [-0.25, -0.2) is 8.42 Å². The average Bonchev–Trinajstić information content (AvgIpc) is 2.82. The van der Waals surface area contributed by atoms with Gasteiger partial charge in [0.15, 0.2) is 9.84 Å². The van der Waals surface area contributed by atoms with Crippen LogP contribution in [0.15, 0.2) is 48.5 Å². The van der Waals surface area contributed by atoms with E-state index in [-0.39, 0.29) is 30.4 Å². The molecule has 2 aromatic carbocycles. The van der Waals surface area contributed by atoms with Crippen LogP contribution in [0.5, 0.6) is 0 Å². The van der Waals surface area contributed by atoms with Crippen LogP contribution in [0.3, 0.4) is 0 Å². The topological polar surface area (TPSA) is 91.8 Å². The highest BCUT2D eigenvalue weighted by Crippen LogP contribution is 2.52. The minimum Gasteiger partial charge on any atom is -0.481 e. The van der Waals surface area contributed by atoms with Gasteiger partial charge in [-0.2, -0.15) is 0 Å². The number of halogens is 2. The molecule has 0 spiro atoms. The van der Waals surface area contributed by atoms with Crippen molar-refractivity contribution < 1.29 is 23.1 Å². The van der Waals surface area contributed by atoms with Crippen molar-refractivity contribution in [3.8, 4) is 0 Å². The van der Waals surface area contributed by atoms with Crippen LogP contribution in [-0.4, -0.2) is 47.3 Å². The number of piperidine rings is 1. The molecular formula is C28H35Cl2NO5S. The number of carboxylic acid groups (broad SMARTS) is 1. The van der Waals surface area contributed by atoms with Crippen molar-refractivity contribution in [2.75, 3.05) is 5.75 Å². The molecule has 1 heterocycles. The monoisotopic (exact) mass is 567 g/mol. The van der Waals surface area contributed by atoms with E-state index in [0.29, 0.717) is 22.9 Å². The fraction of sp³-hybridized carbons (Fsp3) is 0.500. The third kappa shape index (κ3) is 6.68. The second kappa shape index (κ2) is 11.7. The molecule has 1 aliphatic heterocycles. The first-order chi connectivity index (χ1) is 17.3. The number of aliphatic carboxylic acids is 1. The lowest BCUT2D eigenvalue weighted by molar-refractivity contribution is -0.160. The summed E-state index contributed by atoms with van der Waals surface area (Å²) in [4.78, 5) is 27.9. The van der Waals surface area contributed by atoms with Gasteiger partial charge in [0.1, 0.15) is 0 Å². The SMILES string of the molecule is CCC(CCS(=O)(=O)C(C)C)N1C(=O)[C@@](C)(CC(=O)O)CC(c2cccc(Cl)c2)[C@H]1c1ccc(Cl)cc1. The minimum atomic E-state index is -3.33. The van der Waals surface area contributed by atoms with Crippen LogP contribution in [0, 0.1) is 5.41 Å². The Balaban J connectivity index is 2.20. The molecule has 2 aromatic rings. The molecule has 0 bridgehead atoms. The number of carboxylic acids is 1. The molecule has 0 aromatic heterocycles. The van der Waals surface area contributed by atoms with E-state index in [1.165, 1.54) is 0 Å². The van der Waals surface area contributed by atoms with E-state index in [9.17, 15) is 23.1 Å². The van der Waals surface area contributed by atoms with E-state index in [4.69, 9.17) is 23.2 Å². The van der Waals surface area contributed by atoms with Gasteiger partial charge in [-0.3, -0.25) is 9.59 Å². The maximum Gasteiger partial charge on any atom is 0.304 e. The Morgan fingerprint density at radius 3 is 2.30 bits per heavy atom. The Hall–Kier alpha value is -2.09. The Kier molecular flexibility index (Phi) is 9.36. The number of rotatable bonds is 10. The molecule has 1 saturated heterocycles. The van der Waals surface area contributed by atoms with Crippen LogP contribution < -0.4 is 0 Å². The van der Waals surface area contributed by atoms with Crippen molar-refractivity contribution in [3.05, 3.63) is 69.7 Å². The predicted octanol–water partition coefficient (Wildman–Crippen LogP) is 6.52. The molecule has 3 rings (SSSR count). The van der Waals surface area contributed by atoms with Crippen molar-refractivity contribution in [3.63, 3.8) is 0 Å². The largest absolute Gasteiger partial charge is 0.481 e. The van der Waals surface area contributed by atoms with Gasteiger partial charge in [0.25, 0.3) is 0 Å². The summed E-state index contributed by atoms with van der Waals surface area (Å²) in [6, 6.07) is 13.9. The quantitative estimate of drug-likeness (QED) is 0.352. The van der Waals surface area contributed by atoms with Crippen LogP contribution in [0.4, 0.5) is 0 Å². The molecular weight excluding hydrogens is 533 g/mol. The molecule has 9 heteroatoms. The Morgan fingerprint density at radius 1 is 1.11 bits per heavy atom. The van der Waals surface area contributed by atoms with Gasteiger partial charge in [0.05, 0.1) is 28.9 Å². The van der Waals surface area contributed by atoms with Gasteiger partial charge in [-0.1, -0.05) is 61.3 Å². The number of likely N-dealkylation sites (tertiary alicyclic amines) is 1. The summed E-state index contributed by atoms with van der Waals surface area (Å²) in [5.74, 6) is -1.65. The normalized spacial score (nSPS) is 23.3. The smallest absolute Gasteiger partial charge is 0.304 e. The molecule has 2 unspecified atom stereocenters. The van der Waals surface area contributed by atoms with Gasteiger partial charge in [0, 0.05) is 22.0 Å². The van der Waals surface area contributed by atoms with Crippen LogP contribution in [0.1, 0.15) is 76.5 Å². The molecule has 1 fully saturated rings. The van der Waals surface area contributed by atoms with Crippen molar-refractivity contribution >= 4 is 44.9 Å². The molecule has 0 saturated carbocycles. The highest BCUT2D eigenvalue weighted by molar-refractivity contribution is 7.91. The van der Waals surface area contributed by atoms with Crippen LogP contribution in [0.2, 0.25) is 10.0 Å². The molecule has 37 heavy (non-hydrogen) atoms. The molecule has 1 amide bonds. The third-order valence-corrected chi connectivity index (χ3v) is 10.2. The molecule has 202 valence electrons. The number of amides is 1. The average molecular weight is 569 g/mol. The molecule has 6 nitrogen and oxygen atoms in total. The lowest BCUT2D eigenvalue weighted by atomic mass is 9.67. The van der Waals surface area contributed by atoms with Crippen molar-refractivity contribution in [2.24, 2.45) is 5.41 Å². The second-order valence-electron chi connectivity index (χ2n) is 10.5. The fourth-order valence-electron chi connectivity index (χ4n) is 5.36. The summed E-state index contributed by atoms with van der Waals surface area (Å²) in [6.45, 7) is 6.93. The first-order valence-corrected chi connectivity index (χ1v) is 15.0. The number of hydrogen-bond acceptors (Lipinski definition) is 4. The number of carbonyl (C=O) groups is 2. The number of carbonyl (C=O) groups excluding carboxylic acids is 1. The van der Waals surface area contributed by atoms with E-state index in [2.05, 4.69) is 0 Å². The zero-order valence-electron chi connectivity index (χ0n) is 21.7. The maximum absolute atomic E-state index is 14.2. The van der Waals surface area contributed by atoms with Crippen molar-refractivity contribution in [1.29, 1.82) is 0 Å². The van der Waals surface area contributed by atoms with Crippen molar-refractivity contribution in [2.45, 2.75) is 76.6 Å². The number of hydrogen-bond donors (Lipinski definition) is 1. The first-order valence-electron chi connectivity index (χ1n) is 12.6. The van der Waals surface area contributed by atoms with Gasteiger partial charge < -0.3 is 10.0 Å². The Morgan fingerprint density at radius 2 is 1.76 bits per heavy atom. The maximum atomic E-state index is 14.2. The summed E-state index contributed by atoms with van der Waals surface area (Å²) in [7, 11) is -3.33. The molecule has 0 aliphatic carbocycles. The first kappa shape index (κ1) is 29.5. The van der Waals surface area contributed by atoms with Crippen LogP contribution in [0.25, 0.3) is 0 Å². The minimum absolute atomic E-state index is 0.0578. The Bertz CT molecular complexity index is 1230. The summed E-state index contributed by atoms with van der Waals surface area (Å²) in [5, 5.41) is 10.3. The second-order valence-corrected chi connectivity index (χ2v) is 14.0. The molecule has 4 atom stereocenters. The summed E-state index contributed by atoms with van der Waals surface area (Å²) in [5.41, 5.74) is 0.572. The lowest BCUT2D eigenvalue weighted by Crippen LogP contribution is -2.56. The standard InChI is InChI=1S/C28H35Cl2NO5S/c1-5-23(13-14-37(35,36)18(2)3)31-26(19-9-11-21(29)12-10-19)24(20-7-6-8-22(30)15-20)16-28(4,27(31)34)17-25(32)33/h6-12,15,18,23-24,26H,5,13-14,16-17H2,1-4H3,(H,32,33)/t23?,24?,26-,28-/m1/s1. The van der Waals surface area contributed by atoms with Crippen LogP contribution >= 0.6 is 23.2 Å². The highest BCUT2D eigenvalue weighted by atomic mass is 35.5. The zero-order valence-corrected chi connectivity index (χ0v) is 24.0. The van der Waals surface area contributed by atoms with Gasteiger partial charge >= 0.3 is 5.97 Å². The summed E-state index contributed by atoms with van der Waals surface area (Å²) < 4.78 is 25.4. The third-order valence-electron chi connectivity index (χ3n) is 7.45. The number of benzene rings is 2. The van der Waals surface area contributed by atoms with E-state index in [1.807, 2.05) is 37.3 Å². The molecule has 1 aliphatic rings. The predicted molar refractivity (Wildman–Crippen MR) is 148 cm³/mol. The zero-order chi connectivity index (χ0) is 27.5. The molecule has 0 radical (unpaired) electrons. The molecule has 1 N–H and O–H groups in total. The fourth-order valence-corrected chi connectivity index (χ4v) is 6.75. The van der Waals surface area contributed by atoms with Gasteiger partial charge in [0.2, 0.25) is 5.91 Å². The number of nitrogens with zero attached hydrogens (tertiary/aromatic N) is 1. The van der Waals surface area contributed by atoms with Gasteiger partial charge in [-0.15, -0.1) is 0 Å². The summed E-state index contributed by atoms with van der Waals surface area (Å²) >= 11 is 12.5. The van der Waals surface area contributed by atoms with E-state index in [1.54, 1.807) is 43.9 Å². The highest BCUT2D eigenvalue weighted by Gasteiger charge is 2.52. The Labute approximate surface area is 229 Å². The van der Waals surface area contributed by atoms with E-state index < -0.39 is 38.6 Å². The van der Waals surface area contributed by atoms with E-state index in [0.717, 1.165) is 11.1 Å². The summed E-state index contributed by atoms with van der Waals surface area (Å²) in [6.07, 6.45) is 0.767. The van der Waals surface area contributed by atoms with Crippen LogP contribution in [-0.2, 0) is 19.4 Å². The lowest BCUT2D eigenvalue weighted by Gasteiger charge is -2.52. The number of sulfone groups is 1. The van der Waals surface area contributed by atoms with Gasteiger partial charge in [-0.05, 0) is 68.5 Å². The van der Waals surface area contributed by atoms with E-state index >= 15 is 0 Å². The van der Waals surface area contributed by atoms with Crippen molar-refractivity contribution in [1.82, 2.24) is 4.90 Å².